The van der Waals surface area contributed by atoms with Crippen molar-refractivity contribution in [2.24, 2.45) is 0 Å². The predicted octanol–water partition coefficient (Wildman–Crippen LogP) is 4.77. The van der Waals surface area contributed by atoms with Gasteiger partial charge in [-0.3, -0.25) is 4.79 Å². The van der Waals surface area contributed by atoms with Gasteiger partial charge in [0.2, 0.25) is 0 Å². The minimum absolute atomic E-state index is 0.110. The molecule has 1 amide bonds. The molecule has 21 heavy (non-hydrogen) atoms. The Morgan fingerprint density at radius 2 is 1.76 bits per heavy atom. The second kappa shape index (κ2) is 7.29. The van der Waals surface area contributed by atoms with E-state index in [2.05, 4.69) is 5.32 Å². The molecule has 3 nitrogen and oxygen atoms in total. The predicted molar refractivity (Wildman–Crippen MR) is 85.6 cm³/mol. The molecule has 0 unspecified atom stereocenters. The summed E-state index contributed by atoms with van der Waals surface area (Å²) in [7, 11) is 0. The Labute approximate surface area is 125 Å². The van der Waals surface area contributed by atoms with E-state index < -0.39 is 0 Å². The number of amides is 1. The highest BCUT2D eigenvalue weighted by atomic mass is 16.5. The molecule has 0 aliphatic rings. The standard InChI is InChI=1S/C18H19NO2/c1-3-9-14(2)18(20)19-16-12-7-8-13-17(16)21-15-10-5-4-6-11-15/h4-13H,3H2,1-2H3,(H,19,20)/b14-9-. The third kappa shape index (κ3) is 4.21. The molecular formula is C18H19NO2. The lowest BCUT2D eigenvalue weighted by atomic mass is 10.2. The summed E-state index contributed by atoms with van der Waals surface area (Å²) in [6, 6.07) is 16.9. The monoisotopic (exact) mass is 281 g/mol. The van der Waals surface area contributed by atoms with Crippen LogP contribution in [0.3, 0.4) is 0 Å². The maximum absolute atomic E-state index is 12.1. The number of nitrogens with one attached hydrogen (secondary N) is 1. The van der Waals surface area contributed by atoms with Gasteiger partial charge in [-0.25, -0.2) is 0 Å². The third-order valence-corrected chi connectivity index (χ3v) is 2.97. The highest BCUT2D eigenvalue weighted by Crippen LogP contribution is 2.29. The van der Waals surface area contributed by atoms with Gasteiger partial charge in [-0.15, -0.1) is 0 Å². The SMILES string of the molecule is CC/C=C(/C)C(=O)Nc1ccccc1Oc1ccccc1. The van der Waals surface area contributed by atoms with Crippen molar-refractivity contribution in [2.75, 3.05) is 5.32 Å². The summed E-state index contributed by atoms with van der Waals surface area (Å²) in [6.07, 6.45) is 2.73. The second-order valence-electron chi connectivity index (χ2n) is 4.66. The van der Waals surface area contributed by atoms with Gasteiger partial charge in [0.25, 0.3) is 5.91 Å². The largest absolute Gasteiger partial charge is 0.455 e. The molecule has 2 rings (SSSR count). The van der Waals surface area contributed by atoms with Gasteiger partial charge in [0, 0.05) is 5.57 Å². The first-order valence-electron chi connectivity index (χ1n) is 7.00. The van der Waals surface area contributed by atoms with Gasteiger partial charge in [-0.1, -0.05) is 43.3 Å². The lowest BCUT2D eigenvalue weighted by Gasteiger charge is -2.12. The van der Waals surface area contributed by atoms with Gasteiger partial charge in [-0.2, -0.15) is 0 Å². The fourth-order valence-corrected chi connectivity index (χ4v) is 1.89. The molecule has 0 atom stereocenters. The number of hydrogen-bond donors (Lipinski definition) is 1. The van der Waals surface area contributed by atoms with E-state index in [9.17, 15) is 4.79 Å². The van der Waals surface area contributed by atoms with E-state index in [1.807, 2.05) is 67.6 Å². The normalized spacial score (nSPS) is 11.0. The van der Waals surface area contributed by atoms with Crippen molar-refractivity contribution < 1.29 is 9.53 Å². The Hall–Kier alpha value is -2.55. The summed E-state index contributed by atoms with van der Waals surface area (Å²) >= 11 is 0. The van der Waals surface area contributed by atoms with Crippen molar-refractivity contribution in [3.8, 4) is 11.5 Å². The van der Waals surface area contributed by atoms with Crippen molar-refractivity contribution in [2.45, 2.75) is 20.3 Å². The molecule has 0 heterocycles. The quantitative estimate of drug-likeness (QED) is 0.801. The Kier molecular flexibility index (Phi) is 5.16. The van der Waals surface area contributed by atoms with Crippen LogP contribution in [-0.4, -0.2) is 5.91 Å². The maximum atomic E-state index is 12.1. The second-order valence-corrected chi connectivity index (χ2v) is 4.66. The first kappa shape index (κ1) is 14.9. The van der Waals surface area contributed by atoms with Gasteiger partial charge >= 0.3 is 0 Å². The van der Waals surface area contributed by atoms with Crippen LogP contribution in [0.5, 0.6) is 11.5 Å². The minimum atomic E-state index is -0.110. The molecule has 0 radical (unpaired) electrons. The number of para-hydroxylation sites is 3. The highest BCUT2D eigenvalue weighted by molar-refractivity contribution is 6.04. The Morgan fingerprint density at radius 3 is 2.48 bits per heavy atom. The molecule has 0 saturated carbocycles. The van der Waals surface area contributed by atoms with E-state index in [4.69, 9.17) is 4.74 Å². The summed E-state index contributed by atoms with van der Waals surface area (Å²) in [4.78, 5) is 12.1. The molecule has 0 spiro atoms. The van der Waals surface area contributed by atoms with Gasteiger partial charge in [0.05, 0.1) is 5.69 Å². The van der Waals surface area contributed by atoms with Gasteiger partial charge in [-0.05, 0) is 37.6 Å². The summed E-state index contributed by atoms with van der Waals surface area (Å²) in [5.74, 6) is 1.25. The van der Waals surface area contributed by atoms with E-state index >= 15 is 0 Å². The molecule has 0 aliphatic heterocycles. The van der Waals surface area contributed by atoms with Gasteiger partial charge in [0.1, 0.15) is 5.75 Å². The summed E-state index contributed by atoms with van der Waals surface area (Å²) in [6.45, 7) is 3.81. The van der Waals surface area contributed by atoms with Gasteiger partial charge < -0.3 is 10.1 Å². The molecule has 0 saturated heterocycles. The van der Waals surface area contributed by atoms with Crippen LogP contribution in [0.1, 0.15) is 20.3 Å². The average molecular weight is 281 g/mol. The Balaban J connectivity index is 2.17. The number of allylic oxidation sites excluding steroid dienone is 1. The topological polar surface area (TPSA) is 38.3 Å². The molecule has 2 aromatic rings. The third-order valence-electron chi connectivity index (χ3n) is 2.97. The van der Waals surface area contributed by atoms with E-state index in [-0.39, 0.29) is 5.91 Å². The fraction of sp³-hybridized carbons (Fsp3) is 0.167. The molecule has 0 aromatic heterocycles. The number of ether oxygens (including phenoxy) is 1. The molecule has 3 heteroatoms. The summed E-state index contributed by atoms with van der Waals surface area (Å²) in [5, 5.41) is 2.88. The van der Waals surface area contributed by atoms with Crippen molar-refractivity contribution >= 4 is 11.6 Å². The zero-order chi connectivity index (χ0) is 15.1. The van der Waals surface area contributed by atoms with Crippen LogP contribution in [0.15, 0.2) is 66.2 Å². The molecule has 108 valence electrons. The van der Waals surface area contributed by atoms with Crippen LogP contribution in [0.25, 0.3) is 0 Å². The lowest BCUT2D eigenvalue weighted by molar-refractivity contribution is -0.112. The van der Waals surface area contributed by atoms with Crippen molar-refractivity contribution in [3.63, 3.8) is 0 Å². The fourth-order valence-electron chi connectivity index (χ4n) is 1.89. The Morgan fingerprint density at radius 1 is 1.10 bits per heavy atom. The van der Waals surface area contributed by atoms with E-state index in [0.717, 1.165) is 12.2 Å². The molecular weight excluding hydrogens is 262 g/mol. The lowest BCUT2D eigenvalue weighted by Crippen LogP contribution is -2.13. The number of benzene rings is 2. The number of rotatable bonds is 5. The summed E-state index contributed by atoms with van der Waals surface area (Å²) < 4.78 is 5.82. The average Bonchev–Trinajstić information content (AvgIpc) is 2.50. The number of anilines is 1. The van der Waals surface area contributed by atoms with Crippen molar-refractivity contribution in [3.05, 3.63) is 66.2 Å². The van der Waals surface area contributed by atoms with Crippen LogP contribution in [0.2, 0.25) is 0 Å². The molecule has 0 bridgehead atoms. The summed E-state index contributed by atoms with van der Waals surface area (Å²) in [5.41, 5.74) is 1.36. The van der Waals surface area contributed by atoms with Crippen molar-refractivity contribution in [1.29, 1.82) is 0 Å². The highest BCUT2D eigenvalue weighted by Gasteiger charge is 2.09. The van der Waals surface area contributed by atoms with Crippen LogP contribution in [0.4, 0.5) is 5.69 Å². The number of hydrogen-bond acceptors (Lipinski definition) is 2. The Bertz CT molecular complexity index is 633. The van der Waals surface area contributed by atoms with Crippen LogP contribution < -0.4 is 10.1 Å². The number of carbonyl (C=O) groups is 1. The molecule has 0 aliphatic carbocycles. The van der Waals surface area contributed by atoms with E-state index in [1.165, 1.54) is 0 Å². The first-order valence-corrected chi connectivity index (χ1v) is 7.00. The molecule has 0 fully saturated rings. The van der Waals surface area contributed by atoms with Crippen LogP contribution in [-0.2, 0) is 4.79 Å². The zero-order valence-corrected chi connectivity index (χ0v) is 12.3. The molecule has 2 aromatic carbocycles. The maximum Gasteiger partial charge on any atom is 0.251 e. The van der Waals surface area contributed by atoms with Crippen LogP contribution in [0, 0.1) is 0 Å². The zero-order valence-electron chi connectivity index (χ0n) is 12.3. The smallest absolute Gasteiger partial charge is 0.251 e. The van der Waals surface area contributed by atoms with E-state index in [0.29, 0.717) is 17.0 Å². The van der Waals surface area contributed by atoms with Gasteiger partial charge in [0.15, 0.2) is 5.75 Å². The van der Waals surface area contributed by atoms with E-state index in [1.54, 1.807) is 6.92 Å². The number of carbonyl (C=O) groups excluding carboxylic acids is 1. The molecule has 1 N–H and O–H groups in total. The first-order chi connectivity index (χ1) is 10.2. The van der Waals surface area contributed by atoms with Crippen LogP contribution >= 0.6 is 0 Å². The van der Waals surface area contributed by atoms with Crippen molar-refractivity contribution in [1.82, 2.24) is 0 Å². The minimum Gasteiger partial charge on any atom is -0.455 e.